The maximum Gasteiger partial charge on any atom is 0.327 e. The van der Waals surface area contributed by atoms with Crippen LogP contribution in [-0.4, -0.2) is 59.2 Å². The molecule has 174 valence electrons. The number of nitrogens with zero attached hydrogens (tertiary/aromatic N) is 4. The van der Waals surface area contributed by atoms with Crippen molar-refractivity contribution in [3.8, 4) is 0 Å². The van der Waals surface area contributed by atoms with Crippen molar-refractivity contribution in [3.05, 3.63) is 64.4 Å². The zero-order valence-corrected chi connectivity index (χ0v) is 18.9. The summed E-state index contributed by atoms with van der Waals surface area (Å²) in [5.74, 6) is -1.46. The van der Waals surface area contributed by atoms with Crippen LogP contribution in [0.3, 0.4) is 0 Å². The molecule has 3 rings (SSSR count). The van der Waals surface area contributed by atoms with Crippen molar-refractivity contribution >= 4 is 32.8 Å². The zero-order chi connectivity index (χ0) is 24.0. The SMILES string of the molecule is CCN(CC)S(=O)(=O)c1cccc(C(=O)NCC(=O)OCn2nnc3ccccc3c2=O)c1. The van der Waals surface area contributed by atoms with Crippen molar-refractivity contribution in [2.45, 2.75) is 25.5 Å². The quantitative estimate of drug-likeness (QED) is 0.449. The molecule has 0 atom stereocenters. The monoisotopic (exact) mass is 473 g/mol. The molecule has 2 aromatic carbocycles. The maximum absolute atomic E-state index is 12.6. The second kappa shape index (κ2) is 10.3. The van der Waals surface area contributed by atoms with E-state index in [4.69, 9.17) is 4.74 Å². The Hall–Kier alpha value is -3.64. The van der Waals surface area contributed by atoms with E-state index in [0.717, 1.165) is 4.68 Å². The average Bonchev–Trinajstić information content (AvgIpc) is 2.83. The largest absolute Gasteiger partial charge is 0.441 e. The number of ether oxygens (including phenoxy) is 1. The van der Waals surface area contributed by atoms with Gasteiger partial charge in [0, 0.05) is 18.7 Å². The first-order valence-corrected chi connectivity index (χ1v) is 11.6. The Balaban J connectivity index is 1.61. The molecule has 0 spiro atoms. The molecule has 11 nitrogen and oxygen atoms in total. The highest BCUT2D eigenvalue weighted by Crippen LogP contribution is 2.17. The summed E-state index contributed by atoms with van der Waals surface area (Å²) >= 11 is 0. The van der Waals surface area contributed by atoms with E-state index in [1.165, 1.54) is 28.6 Å². The van der Waals surface area contributed by atoms with E-state index in [0.29, 0.717) is 24.0 Å². The molecule has 1 N–H and O–H groups in total. The molecule has 1 heterocycles. The lowest BCUT2D eigenvalue weighted by Crippen LogP contribution is -2.33. The normalized spacial score (nSPS) is 11.5. The van der Waals surface area contributed by atoms with Crippen LogP contribution in [0.1, 0.15) is 24.2 Å². The number of benzene rings is 2. The van der Waals surface area contributed by atoms with Gasteiger partial charge >= 0.3 is 5.97 Å². The minimum absolute atomic E-state index is 0.0179. The van der Waals surface area contributed by atoms with E-state index in [9.17, 15) is 22.8 Å². The summed E-state index contributed by atoms with van der Waals surface area (Å²) in [6.45, 7) is 3.09. The highest BCUT2D eigenvalue weighted by molar-refractivity contribution is 7.89. The molecule has 0 saturated carbocycles. The summed E-state index contributed by atoms with van der Waals surface area (Å²) in [5, 5.41) is 10.3. The van der Waals surface area contributed by atoms with Crippen LogP contribution in [0.15, 0.2) is 58.2 Å². The standard InChI is InChI=1S/C21H23N5O6S/c1-3-25(4-2)33(30,31)16-9-7-8-15(12-16)20(28)22-13-19(27)32-14-26-21(29)17-10-5-6-11-18(17)23-24-26/h5-12H,3-4,13-14H2,1-2H3,(H,22,28). The lowest BCUT2D eigenvalue weighted by Gasteiger charge is -2.18. The smallest absolute Gasteiger partial charge is 0.327 e. The summed E-state index contributed by atoms with van der Waals surface area (Å²) in [6.07, 6.45) is 0. The summed E-state index contributed by atoms with van der Waals surface area (Å²) < 4.78 is 32.4. The Kier molecular flexibility index (Phi) is 7.51. The van der Waals surface area contributed by atoms with Gasteiger partial charge in [0.2, 0.25) is 10.0 Å². The van der Waals surface area contributed by atoms with Crippen LogP contribution in [0, 0.1) is 0 Å². The molecule has 0 aliphatic rings. The molecule has 3 aromatic rings. The van der Waals surface area contributed by atoms with Crippen LogP contribution in [0.25, 0.3) is 10.9 Å². The summed E-state index contributed by atoms with van der Waals surface area (Å²) in [6, 6.07) is 12.2. The molecule has 0 unspecified atom stereocenters. The van der Waals surface area contributed by atoms with Crippen molar-refractivity contribution in [2.75, 3.05) is 19.6 Å². The number of fused-ring (bicyclic) bond motifs is 1. The van der Waals surface area contributed by atoms with E-state index < -0.39 is 40.7 Å². The molecule has 0 radical (unpaired) electrons. The molecule has 0 saturated heterocycles. The van der Waals surface area contributed by atoms with E-state index in [1.54, 1.807) is 38.1 Å². The molecule has 12 heteroatoms. The molecule has 0 bridgehead atoms. The molecule has 1 aromatic heterocycles. The molecule has 0 fully saturated rings. The van der Waals surface area contributed by atoms with Gasteiger partial charge in [0.05, 0.1) is 10.3 Å². The van der Waals surface area contributed by atoms with Gasteiger partial charge in [0.15, 0.2) is 6.73 Å². The fourth-order valence-electron chi connectivity index (χ4n) is 3.06. The van der Waals surface area contributed by atoms with Gasteiger partial charge in [-0.1, -0.05) is 37.3 Å². The van der Waals surface area contributed by atoms with Crippen molar-refractivity contribution in [2.24, 2.45) is 0 Å². The number of esters is 1. The van der Waals surface area contributed by atoms with Crippen molar-refractivity contribution in [1.29, 1.82) is 0 Å². The van der Waals surface area contributed by atoms with E-state index in [2.05, 4.69) is 15.6 Å². The Bertz CT molecular complexity index is 1330. The van der Waals surface area contributed by atoms with Crippen LogP contribution in [0.4, 0.5) is 0 Å². The molecular formula is C21H23N5O6S. The minimum atomic E-state index is -3.73. The van der Waals surface area contributed by atoms with E-state index in [1.807, 2.05) is 0 Å². The Morgan fingerprint density at radius 2 is 1.82 bits per heavy atom. The van der Waals surface area contributed by atoms with Crippen LogP contribution < -0.4 is 10.9 Å². The number of amides is 1. The third kappa shape index (κ3) is 5.41. The van der Waals surface area contributed by atoms with Crippen LogP contribution in [0.2, 0.25) is 0 Å². The van der Waals surface area contributed by atoms with Crippen LogP contribution >= 0.6 is 0 Å². The second-order valence-corrected chi connectivity index (χ2v) is 8.79. The Labute approximate surface area is 190 Å². The number of carbonyl (C=O) groups is 2. The topological polar surface area (TPSA) is 141 Å². The number of rotatable bonds is 9. The molecule has 33 heavy (non-hydrogen) atoms. The van der Waals surface area contributed by atoms with E-state index in [-0.39, 0.29) is 10.5 Å². The van der Waals surface area contributed by atoms with Crippen molar-refractivity contribution in [3.63, 3.8) is 0 Å². The molecule has 0 aliphatic heterocycles. The lowest BCUT2D eigenvalue weighted by atomic mass is 10.2. The number of sulfonamides is 1. The summed E-state index contributed by atoms with van der Waals surface area (Å²) in [7, 11) is -3.73. The van der Waals surface area contributed by atoms with Gasteiger partial charge in [-0.15, -0.1) is 5.10 Å². The van der Waals surface area contributed by atoms with Crippen molar-refractivity contribution < 1.29 is 22.7 Å². The number of nitrogens with one attached hydrogen (secondary N) is 1. The number of carbonyl (C=O) groups excluding carboxylic acids is 2. The highest BCUT2D eigenvalue weighted by atomic mass is 32.2. The number of aromatic nitrogens is 3. The molecular weight excluding hydrogens is 450 g/mol. The van der Waals surface area contributed by atoms with Gasteiger partial charge in [0.1, 0.15) is 12.1 Å². The number of hydrogen-bond donors (Lipinski definition) is 1. The predicted octanol–water partition coefficient (Wildman–Crippen LogP) is 0.753. The van der Waals surface area contributed by atoms with Crippen molar-refractivity contribution in [1.82, 2.24) is 24.6 Å². The van der Waals surface area contributed by atoms with Gasteiger partial charge in [-0.3, -0.25) is 14.4 Å². The molecule has 1 amide bonds. The minimum Gasteiger partial charge on any atom is -0.441 e. The highest BCUT2D eigenvalue weighted by Gasteiger charge is 2.22. The van der Waals surface area contributed by atoms with Crippen LogP contribution in [-0.2, 0) is 26.3 Å². The summed E-state index contributed by atoms with van der Waals surface area (Å²) in [4.78, 5) is 36.7. The fraction of sp³-hybridized carbons (Fsp3) is 0.286. The lowest BCUT2D eigenvalue weighted by molar-refractivity contribution is -0.146. The average molecular weight is 474 g/mol. The second-order valence-electron chi connectivity index (χ2n) is 6.86. The number of hydrogen-bond acceptors (Lipinski definition) is 8. The zero-order valence-electron chi connectivity index (χ0n) is 18.1. The third-order valence-electron chi connectivity index (χ3n) is 4.81. The van der Waals surface area contributed by atoms with Crippen LogP contribution in [0.5, 0.6) is 0 Å². The fourth-order valence-corrected chi connectivity index (χ4v) is 4.56. The van der Waals surface area contributed by atoms with Gasteiger partial charge in [0.25, 0.3) is 11.5 Å². The van der Waals surface area contributed by atoms with Gasteiger partial charge in [-0.25, -0.2) is 8.42 Å². The van der Waals surface area contributed by atoms with Gasteiger partial charge < -0.3 is 10.1 Å². The first kappa shape index (κ1) is 24.0. The Morgan fingerprint density at radius 3 is 2.55 bits per heavy atom. The summed E-state index contributed by atoms with van der Waals surface area (Å²) in [5.41, 5.74) is 0.0267. The first-order valence-electron chi connectivity index (χ1n) is 10.1. The van der Waals surface area contributed by atoms with Gasteiger partial charge in [-0.05, 0) is 30.3 Å². The van der Waals surface area contributed by atoms with E-state index >= 15 is 0 Å². The molecule has 0 aliphatic carbocycles. The van der Waals surface area contributed by atoms with Gasteiger partial charge in [-0.2, -0.15) is 8.99 Å². The third-order valence-corrected chi connectivity index (χ3v) is 6.86. The Morgan fingerprint density at radius 1 is 1.09 bits per heavy atom. The maximum atomic E-state index is 12.6. The first-order chi connectivity index (χ1) is 15.8. The predicted molar refractivity (Wildman–Crippen MR) is 119 cm³/mol.